The van der Waals surface area contributed by atoms with E-state index >= 15 is 0 Å². The fraction of sp³-hybridized carbons (Fsp3) is 0.286. The number of aromatic nitrogens is 2. The number of H-pyrrole nitrogens is 1. The Balaban J connectivity index is 1.93. The molecule has 0 aliphatic rings. The third-order valence-corrected chi connectivity index (χ3v) is 2.69. The Bertz CT molecular complexity index is 517. The van der Waals surface area contributed by atoms with Crippen molar-refractivity contribution in [2.45, 2.75) is 26.4 Å². The number of hydrogen-bond donors (Lipinski definition) is 3. The van der Waals surface area contributed by atoms with Gasteiger partial charge in [-0.05, 0) is 17.7 Å². The maximum atomic E-state index is 11.8. The van der Waals surface area contributed by atoms with Crippen LogP contribution in [0.4, 0.5) is 5.69 Å². The van der Waals surface area contributed by atoms with Gasteiger partial charge in [-0.3, -0.25) is 9.89 Å². The van der Waals surface area contributed by atoms with E-state index in [0.717, 1.165) is 12.2 Å². The van der Waals surface area contributed by atoms with Crippen LogP contribution in [0.3, 0.4) is 0 Å². The lowest BCUT2D eigenvalue weighted by atomic mass is 10.2. The Kier molecular flexibility index (Phi) is 4.30. The molecular weight excluding hydrogens is 240 g/mol. The molecule has 0 aliphatic carbocycles. The predicted octanol–water partition coefficient (Wildman–Crippen LogP) is 2.16. The number of aromatic amines is 1. The molecule has 0 spiro atoms. The average Bonchev–Trinajstić information content (AvgIpc) is 2.92. The molecule has 3 N–H and O–H groups in total. The highest BCUT2D eigenvalue weighted by atomic mass is 16.1. The fourth-order valence-electron chi connectivity index (χ4n) is 1.61. The SMILES string of the molecule is CC(C)NCc1ccc(NC(=O)c2cn[nH]c2)cc1. The van der Waals surface area contributed by atoms with Crippen LogP contribution < -0.4 is 10.6 Å². The van der Waals surface area contributed by atoms with E-state index in [2.05, 4.69) is 34.7 Å². The normalized spacial score (nSPS) is 10.7. The molecule has 1 aromatic carbocycles. The second-order valence-corrected chi connectivity index (χ2v) is 4.67. The van der Waals surface area contributed by atoms with Crippen LogP contribution in [0.15, 0.2) is 36.7 Å². The number of rotatable bonds is 5. The van der Waals surface area contributed by atoms with Crippen molar-refractivity contribution < 1.29 is 4.79 Å². The van der Waals surface area contributed by atoms with E-state index < -0.39 is 0 Å². The number of nitrogens with one attached hydrogen (secondary N) is 3. The molecular formula is C14H18N4O. The number of hydrogen-bond acceptors (Lipinski definition) is 3. The molecule has 5 heteroatoms. The van der Waals surface area contributed by atoms with E-state index in [-0.39, 0.29) is 5.91 Å². The Morgan fingerprint density at radius 2 is 2.05 bits per heavy atom. The molecule has 0 bridgehead atoms. The fourth-order valence-corrected chi connectivity index (χ4v) is 1.61. The number of carbonyl (C=O) groups excluding carboxylic acids is 1. The van der Waals surface area contributed by atoms with E-state index in [1.54, 1.807) is 6.20 Å². The van der Waals surface area contributed by atoms with Gasteiger partial charge in [0.1, 0.15) is 0 Å². The molecule has 1 heterocycles. The quantitative estimate of drug-likeness (QED) is 0.769. The number of carbonyl (C=O) groups is 1. The summed E-state index contributed by atoms with van der Waals surface area (Å²) in [4.78, 5) is 11.8. The molecule has 0 radical (unpaired) electrons. The lowest BCUT2D eigenvalue weighted by Gasteiger charge is -2.09. The van der Waals surface area contributed by atoms with Gasteiger partial charge < -0.3 is 10.6 Å². The molecule has 19 heavy (non-hydrogen) atoms. The Morgan fingerprint density at radius 1 is 1.32 bits per heavy atom. The molecule has 0 fully saturated rings. The summed E-state index contributed by atoms with van der Waals surface area (Å²) in [6.07, 6.45) is 3.06. The zero-order chi connectivity index (χ0) is 13.7. The zero-order valence-corrected chi connectivity index (χ0v) is 11.1. The van der Waals surface area contributed by atoms with Gasteiger partial charge in [0.15, 0.2) is 0 Å². The number of benzene rings is 1. The van der Waals surface area contributed by atoms with Gasteiger partial charge in [-0.15, -0.1) is 0 Å². The molecule has 0 saturated heterocycles. The van der Waals surface area contributed by atoms with Gasteiger partial charge in [-0.2, -0.15) is 5.10 Å². The summed E-state index contributed by atoms with van der Waals surface area (Å²) in [5, 5.41) is 12.5. The van der Waals surface area contributed by atoms with Crippen LogP contribution in [-0.4, -0.2) is 22.1 Å². The van der Waals surface area contributed by atoms with Gasteiger partial charge in [0.2, 0.25) is 0 Å². The molecule has 1 amide bonds. The van der Waals surface area contributed by atoms with Crippen LogP contribution in [0.25, 0.3) is 0 Å². The number of nitrogens with zero attached hydrogens (tertiary/aromatic N) is 1. The van der Waals surface area contributed by atoms with Gasteiger partial charge in [-0.1, -0.05) is 26.0 Å². The molecule has 2 aromatic rings. The van der Waals surface area contributed by atoms with Gasteiger partial charge in [-0.25, -0.2) is 0 Å². The van der Waals surface area contributed by atoms with Crippen molar-refractivity contribution >= 4 is 11.6 Å². The number of anilines is 1. The van der Waals surface area contributed by atoms with Crippen molar-refractivity contribution in [1.29, 1.82) is 0 Å². The summed E-state index contributed by atoms with van der Waals surface area (Å²) in [5.41, 5.74) is 2.49. The molecule has 1 aromatic heterocycles. The lowest BCUT2D eigenvalue weighted by molar-refractivity contribution is 0.102. The second-order valence-electron chi connectivity index (χ2n) is 4.67. The molecule has 0 atom stereocenters. The van der Waals surface area contributed by atoms with Gasteiger partial charge in [0.05, 0.1) is 11.8 Å². The van der Waals surface area contributed by atoms with E-state index in [0.29, 0.717) is 11.6 Å². The van der Waals surface area contributed by atoms with Crippen LogP contribution >= 0.6 is 0 Å². The maximum absolute atomic E-state index is 11.8. The third kappa shape index (κ3) is 3.93. The minimum atomic E-state index is -0.165. The van der Waals surface area contributed by atoms with E-state index in [4.69, 9.17) is 0 Å². The highest BCUT2D eigenvalue weighted by Gasteiger charge is 2.06. The minimum Gasteiger partial charge on any atom is -0.322 e. The summed E-state index contributed by atoms with van der Waals surface area (Å²) in [5.74, 6) is -0.165. The van der Waals surface area contributed by atoms with Crippen LogP contribution in [-0.2, 0) is 6.54 Å². The second kappa shape index (κ2) is 6.15. The summed E-state index contributed by atoms with van der Waals surface area (Å²) in [6, 6.07) is 8.26. The topological polar surface area (TPSA) is 69.8 Å². The first-order valence-corrected chi connectivity index (χ1v) is 6.27. The van der Waals surface area contributed by atoms with E-state index in [9.17, 15) is 4.79 Å². The molecule has 5 nitrogen and oxygen atoms in total. The minimum absolute atomic E-state index is 0.165. The third-order valence-electron chi connectivity index (χ3n) is 2.69. The summed E-state index contributed by atoms with van der Waals surface area (Å²) in [6.45, 7) is 5.05. The lowest BCUT2D eigenvalue weighted by Crippen LogP contribution is -2.21. The monoisotopic (exact) mass is 258 g/mol. The van der Waals surface area contributed by atoms with Crippen molar-refractivity contribution in [3.05, 3.63) is 47.8 Å². The number of amides is 1. The molecule has 0 saturated carbocycles. The first-order valence-electron chi connectivity index (χ1n) is 6.27. The van der Waals surface area contributed by atoms with Crippen LogP contribution in [0.5, 0.6) is 0 Å². The Morgan fingerprint density at radius 3 is 2.63 bits per heavy atom. The zero-order valence-electron chi connectivity index (χ0n) is 11.1. The first-order chi connectivity index (χ1) is 9.15. The highest BCUT2D eigenvalue weighted by Crippen LogP contribution is 2.11. The Hall–Kier alpha value is -2.14. The van der Waals surface area contributed by atoms with Crippen LogP contribution in [0.1, 0.15) is 29.8 Å². The van der Waals surface area contributed by atoms with Crippen LogP contribution in [0.2, 0.25) is 0 Å². The van der Waals surface area contributed by atoms with Crippen molar-refractivity contribution in [3.63, 3.8) is 0 Å². The smallest absolute Gasteiger partial charge is 0.258 e. The van der Waals surface area contributed by atoms with E-state index in [1.165, 1.54) is 11.8 Å². The summed E-state index contributed by atoms with van der Waals surface area (Å²) in [7, 11) is 0. The molecule has 0 unspecified atom stereocenters. The largest absolute Gasteiger partial charge is 0.322 e. The van der Waals surface area contributed by atoms with Crippen LogP contribution in [0, 0.1) is 0 Å². The van der Waals surface area contributed by atoms with E-state index in [1.807, 2.05) is 24.3 Å². The first kappa shape index (κ1) is 13.3. The molecule has 100 valence electrons. The maximum Gasteiger partial charge on any atom is 0.258 e. The van der Waals surface area contributed by atoms with Gasteiger partial charge in [0.25, 0.3) is 5.91 Å². The Labute approximate surface area is 112 Å². The van der Waals surface area contributed by atoms with Gasteiger partial charge in [0, 0.05) is 24.5 Å². The van der Waals surface area contributed by atoms with Crippen molar-refractivity contribution in [1.82, 2.24) is 15.5 Å². The average molecular weight is 258 g/mol. The van der Waals surface area contributed by atoms with Crippen molar-refractivity contribution in [3.8, 4) is 0 Å². The van der Waals surface area contributed by atoms with Crippen molar-refractivity contribution in [2.24, 2.45) is 0 Å². The molecule has 2 rings (SSSR count). The van der Waals surface area contributed by atoms with Gasteiger partial charge >= 0.3 is 0 Å². The predicted molar refractivity (Wildman–Crippen MR) is 75.0 cm³/mol. The highest BCUT2D eigenvalue weighted by molar-refractivity contribution is 6.03. The molecule has 0 aliphatic heterocycles. The standard InChI is InChI=1S/C14H18N4O/c1-10(2)15-7-11-3-5-13(6-4-11)18-14(19)12-8-16-17-9-12/h3-6,8-10,15H,7H2,1-2H3,(H,16,17)(H,18,19). The summed E-state index contributed by atoms with van der Waals surface area (Å²) < 4.78 is 0. The van der Waals surface area contributed by atoms with Crippen molar-refractivity contribution in [2.75, 3.05) is 5.32 Å². The summed E-state index contributed by atoms with van der Waals surface area (Å²) >= 11 is 0.